The van der Waals surface area contributed by atoms with Crippen molar-refractivity contribution in [1.82, 2.24) is 15.2 Å². The van der Waals surface area contributed by atoms with Crippen molar-refractivity contribution in [3.63, 3.8) is 0 Å². The van der Waals surface area contributed by atoms with E-state index >= 15 is 0 Å². The standard InChI is InChI=1S/C17H18FN7O5S3/c1-30-24-9(8-12(18)33-17(20)23-8)13(26)22-10-14(27)25-11(16(28)29)7(5-32-15(10)25)31-4-2-3-21-6-19/h2,4,6,10,15H,3,5H2,1H3,(H2,19,21)(H2,20,23)(H,22,26)(H,28,29)/b4-2-,24-9-/t10?,15-/m1/s1. The first kappa shape index (κ1) is 24.5. The first-order valence-corrected chi connectivity index (χ1v) is 11.8. The van der Waals surface area contributed by atoms with E-state index in [-0.39, 0.29) is 10.8 Å². The Bertz CT molecular complexity index is 1090. The van der Waals surface area contributed by atoms with Gasteiger partial charge in [0.25, 0.3) is 11.8 Å². The van der Waals surface area contributed by atoms with Crippen molar-refractivity contribution < 1.29 is 28.7 Å². The molecule has 0 spiro atoms. The Labute approximate surface area is 199 Å². The number of thioether (sulfide) groups is 2. The van der Waals surface area contributed by atoms with Gasteiger partial charge in [-0.3, -0.25) is 19.5 Å². The predicted octanol–water partition coefficient (Wildman–Crippen LogP) is 0.145. The SMILES string of the molecule is CO/N=C(\C(=O)NC1C(=O)N2C(C(=O)O)=C(S/C=C\CN=CN)CS[C@H]12)c1nc(N)sc1F. The van der Waals surface area contributed by atoms with Crippen molar-refractivity contribution in [2.75, 3.05) is 25.1 Å². The predicted molar refractivity (Wildman–Crippen MR) is 124 cm³/mol. The number of thiazole rings is 1. The minimum Gasteiger partial charge on any atom is -0.477 e. The van der Waals surface area contributed by atoms with Crippen molar-refractivity contribution in [3.8, 4) is 0 Å². The summed E-state index contributed by atoms with van der Waals surface area (Å²) in [6.45, 7) is 0.336. The fourth-order valence-electron chi connectivity index (χ4n) is 2.93. The molecule has 1 unspecified atom stereocenters. The summed E-state index contributed by atoms with van der Waals surface area (Å²) in [7, 11) is 1.16. The molecule has 176 valence electrons. The number of oxime groups is 1. The summed E-state index contributed by atoms with van der Waals surface area (Å²) >= 11 is 2.96. The second kappa shape index (κ2) is 10.7. The average Bonchev–Trinajstić information content (AvgIpc) is 3.12. The van der Waals surface area contributed by atoms with Gasteiger partial charge in [0.2, 0.25) is 5.13 Å². The van der Waals surface area contributed by atoms with E-state index in [1.54, 1.807) is 11.5 Å². The minimum atomic E-state index is -1.27. The van der Waals surface area contributed by atoms with Crippen molar-refractivity contribution in [1.29, 1.82) is 0 Å². The van der Waals surface area contributed by atoms with E-state index in [4.69, 9.17) is 11.5 Å². The van der Waals surface area contributed by atoms with E-state index < -0.39 is 45.7 Å². The number of aliphatic imine (C=N–C) groups is 1. The molecule has 1 fully saturated rings. The summed E-state index contributed by atoms with van der Waals surface area (Å²) in [6, 6.07) is -1.04. The maximum Gasteiger partial charge on any atom is 0.353 e. The van der Waals surface area contributed by atoms with Gasteiger partial charge in [-0.1, -0.05) is 34.3 Å². The zero-order chi connectivity index (χ0) is 24.1. The normalized spacial score (nSPS) is 20.8. The molecule has 0 bridgehead atoms. The molecule has 12 nitrogen and oxygen atoms in total. The minimum absolute atomic E-state index is 0.113. The number of nitrogens with zero attached hydrogens (tertiary/aromatic N) is 4. The largest absolute Gasteiger partial charge is 0.477 e. The number of rotatable bonds is 9. The Morgan fingerprint density at radius 2 is 2.27 bits per heavy atom. The van der Waals surface area contributed by atoms with Crippen LogP contribution in [0.5, 0.6) is 0 Å². The molecule has 2 aliphatic rings. The Hall–Kier alpha value is -3.11. The van der Waals surface area contributed by atoms with Crippen LogP contribution in [0.25, 0.3) is 0 Å². The number of amides is 2. The number of nitrogens with one attached hydrogen (secondary N) is 1. The van der Waals surface area contributed by atoms with Gasteiger partial charge < -0.3 is 26.7 Å². The Balaban J connectivity index is 1.76. The molecule has 1 aromatic heterocycles. The van der Waals surface area contributed by atoms with Gasteiger partial charge in [-0.05, 0) is 5.41 Å². The van der Waals surface area contributed by atoms with Crippen LogP contribution in [-0.4, -0.2) is 75.6 Å². The quantitative estimate of drug-likeness (QED) is 0.153. The molecule has 3 rings (SSSR count). The fraction of sp³-hybridized carbons (Fsp3) is 0.294. The lowest BCUT2D eigenvalue weighted by Crippen LogP contribution is -2.71. The smallest absolute Gasteiger partial charge is 0.353 e. The van der Waals surface area contributed by atoms with Gasteiger partial charge in [0.15, 0.2) is 10.8 Å². The molecule has 6 N–H and O–H groups in total. The van der Waals surface area contributed by atoms with E-state index in [1.165, 1.54) is 11.8 Å². The molecule has 1 saturated heterocycles. The molecule has 33 heavy (non-hydrogen) atoms. The van der Waals surface area contributed by atoms with Crippen LogP contribution >= 0.6 is 34.9 Å². The maximum absolute atomic E-state index is 14.1. The van der Waals surface area contributed by atoms with E-state index in [9.17, 15) is 23.9 Å². The van der Waals surface area contributed by atoms with Gasteiger partial charge in [0, 0.05) is 10.7 Å². The second-order valence-electron chi connectivity index (χ2n) is 6.24. The summed E-state index contributed by atoms with van der Waals surface area (Å²) in [5, 5.41) is 15.7. The van der Waals surface area contributed by atoms with Crippen molar-refractivity contribution >= 4 is 69.8 Å². The lowest BCUT2D eigenvalue weighted by atomic mass is 10.0. The summed E-state index contributed by atoms with van der Waals surface area (Å²) in [4.78, 5) is 51.1. The summed E-state index contributed by atoms with van der Waals surface area (Å²) in [5.74, 6) is -2.50. The van der Waals surface area contributed by atoms with Crippen LogP contribution in [0.15, 0.2) is 32.2 Å². The van der Waals surface area contributed by atoms with Crippen LogP contribution in [0.3, 0.4) is 0 Å². The number of hydrogen-bond acceptors (Lipinski definition) is 11. The van der Waals surface area contributed by atoms with Crippen LogP contribution in [0.2, 0.25) is 0 Å². The molecule has 16 heteroatoms. The number of carbonyl (C=O) groups excluding carboxylic acids is 2. The highest BCUT2D eigenvalue weighted by molar-refractivity contribution is 8.08. The number of aromatic nitrogens is 1. The molecular weight excluding hydrogens is 497 g/mol. The third kappa shape index (κ3) is 5.12. The zero-order valence-electron chi connectivity index (χ0n) is 16.9. The number of fused-ring (bicyclic) bond motifs is 1. The van der Waals surface area contributed by atoms with E-state index in [2.05, 4.69) is 25.3 Å². The van der Waals surface area contributed by atoms with Crippen LogP contribution < -0.4 is 16.8 Å². The van der Waals surface area contributed by atoms with Gasteiger partial charge in [0.1, 0.15) is 29.9 Å². The number of carboxylic acids is 1. The highest BCUT2D eigenvalue weighted by atomic mass is 32.2. The lowest BCUT2D eigenvalue weighted by Gasteiger charge is -2.49. The van der Waals surface area contributed by atoms with Crippen LogP contribution in [0.4, 0.5) is 9.52 Å². The number of carbonyl (C=O) groups is 3. The highest BCUT2D eigenvalue weighted by Gasteiger charge is 2.54. The highest BCUT2D eigenvalue weighted by Crippen LogP contribution is 2.43. The molecule has 0 saturated carbocycles. The number of hydrogen-bond donors (Lipinski definition) is 4. The van der Waals surface area contributed by atoms with E-state index in [1.807, 2.05) is 0 Å². The van der Waals surface area contributed by atoms with Crippen LogP contribution in [-0.2, 0) is 19.2 Å². The van der Waals surface area contributed by atoms with Gasteiger partial charge in [-0.15, -0.1) is 11.8 Å². The molecule has 2 atom stereocenters. The molecule has 3 heterocycles. The first-order valence-electron chi connectivity index (χ1n) is 9.07. The monoisotopic (exact) mass is 515 g/mol. The van der Waals surface area contributed by atoms with Crippen molar-refractivity contribution in [2.24, 2.45) is 15.9 Å². The second-order valence-corrected chi connectivity index (χ2v) is 9.33. The summed E-state index contributed by atoms with van der Waals surface area (Å²) < 4.78 is 14.1. The molecule has 2 aliphatic heterocycles. The third-order valence-electron chi connectivity index (χ3n) is 4.27. The number of halogens is 1. The number of nitrogen functional groups attached to an aromatic ring is 1. The number of anilines is 1. The average molecular weight is 516 g/mol. The third-order valence-corrected chi connectivity index (χ3v) is 7.36. The summed E-state index contributed by atoms with van der Waals surface area (Å²) in [6.07, 6.45) is 2.85. The van der Waals surface area contributed by atoms with Gasteiger partial charge in [-0.2, -0.15) is 4.39 Å². The van der Waals surface area contributed by atoms with Crippen molar-refractivity contribution in [3.05, 3.63) is 32.9 Å². The molecule has 0 aromatic carbocycles. The molecular formula is C17H18FN7O5S3. The van der Waals surface area contributed by atoms with Crippen LogP contribution in [0.1, 0.15) is 5.69 Å². The number of aliphatic carboxylic acids is 1. The molecule has 2 amide bonds. The molecule has 0 radical (unpaired) electrons. The Morgan fingerprint density at radius 3 is 2.88 bits per heavy atom. The summed E-state index contributed by atoms with van der Waals surface area (Å²) in [5.41, 5.74) is 9.57. The topological polar surface area (TPSA) is 186 Å². The zero-order valence-corrected chi connectivity index (χ0v) is 19.4. The molecule has 0 aliphatic carbocycles. The number of nitrogens with two attached hydrogens (primary N) is 2. The van der Waals surface area contributed by atoms with Gasteiger partial charge in [-0.25, -0.2) is 9.78 Å². The van der Waals surface area contributed by atoms with E-state index in [0.717, 1.165) is 30.1 Å². The first-order chi connectivity index (χ1) is 15.8. The maximum atomic E-state index is 14.1. The Morgan fingerprint density at radius 1 is 1.52 bits per heavy atom. The lowest BCUT2D eigenvalue weighted by molar-refractivity contribution is -0.150. The Kier molecular flexibility index (Phi) is 7.93. The molecule has 1 aromatic rings. The number of β-lactam (4-membered cyclic amide) rings is 1. The van der Waals surface area contributed by atoms with Crippen LogP contribution in [0, 0.1) is 5.13 Å². The van der Waals surface area contributed by atoms with Crippen molar-refractivity contribution in [2.45, 2.75) is 11.4 Å². The van der Waals surface area contributed by atoms with Gasteiger partial charge in [0.05, 0.1) is 12.9 Å². The van der Waals surface area contributed by atoms with Gasteiger partial charge >= 0.3 is 5.97 Å². The fourth-order valence-corrected chi connectivity index (χ4v) is 5.81. The number of carboxylic acid groups (broad SMARTS) is 1. The van der Waals surface area contributed by atoms with E-state index in [0.29, 0.717) is 28.5 Å².